The lowest BCUT2D eigenvalue weighted by molar-refractivity contribution is 1.35. The number of aryl methyl sites for hydroxylation is 1. The predicted octanol–water partition coefficient (Wildman–Crippen LogP) is 2.82. The average molecular weight is 166 g/mol. The van der Waals surface area contributed by atoms with E-state index in [2.05, 4.69) is 24.0 Å². The second-order valence-electron chi connectivity index (χ2n) is 2.80. The van der Waals surface area contributed by atoms with E-state index >= 15 is 0 Å². The zero-order valence-electron chi connectivity index (χ0n) is 6.26. The predicted molar refractivity (Wildman–Crippen MR) is 47.8 cm³/mol. The molecule has 0 bridgehead atoms. The van der Waals surface area contributed by atoms with Gasteiger partial charge in [0.25, 0.3) is 0 Å². The quantitative estimate of drug-likeness (QED) is 0.561. The van der Waals surface area contributed by atoms with Crippen LogP contribution >= 0.6 is 11.6 Å². The highest BCUT2D eigenvalue weighted by Crippen LogP contribution is 2.28. The van der Waals surface area contributed by atoms with Crippen molar-refractivity contribution in [3.8, 4) is 0 Å². The maximum absolute atomic E-state index is 5.78. The van der Waals surface area contributed by atoms with Gasteiger partial charge in [0.2, 0.25) is 0 Å². The van der Waals surface area contributed by atoms with Gasteiger partial charge >= 0.3 is 0 Å². The molecule has 0 aromatic heterocycles. The lowest BCUT2D eigenvalue weighted by Gasteiger charge is -1.96. The highest BCUT2D eigenvalue weighted by atomic mass is 35.5. The van der Waals surface area contributed by atoms with Gasteiger partial charge < -0.3 is 0 Å². The van der Waals surface area contributed by atoms with Gasteiger partial charge in [0.1, 0.15) is 5.17 Å². The van der Waals surface area contributed by atoms with Gasteiger partial charge in [-0.1, -0.05) is 29.3 Å². The van der Waals surface area contributed by atoms with Crippen LogP contribution in [0.2, 0.25) is 0 Å². The molecule has 1 aromatic rings. The van der Waals surface area contributed by atoms with Gasteiger partial charge in [-0.05, 0) is 18.6 Å². The second-order valence-corrected chi connectivity index (χ2v) is 3.23. The molecule has 0 N–H and O–H groups in total. The van der Waals surface area contributed by atoms with Gasteiger partial charge in [0.05, 0.1) is 5.69 Å². The van der Waals surface area contributed by atoms with E-state index in [1.165, 1.54) is 11.1 Å². The first-order valence-electron chi connectivity index (χ1n) is 3.58. The van der Waals surface area contributed by atoms with Crippen molar-refractivity contribution in [3.05, 3.63) is 29.3 Å². The van der Waals surface area contributed by atoms with Crippen LogP contribution in [0.5, 0.6) is 0 Å². The Hall–Kier alpha value is -0.820. The molecule has 2 heteroatoms. The van der Waals surface area contributed by atoms with Crippen LogP contribution in [0.25, 0.3) is 0 Å². The summed E-state index contributed by atoms with van der Waals surface area (Å²) in [6, 6.07) is 6.20. The van der Waals surface area contributed by atoms with Crippen LogP contribution in [0.3, 0.4) is 0 Å². The molecular formula is C9H8ClN. The number of hydrogen-bond acceptors (Lipinski definition) is 1. The molecule has 0 aliphatic carbocycles. The first-order chi connectivity index (χ1) is 5.25. The SMILES string of the molecule is Cc1ccc2c(c1)CC(Cl)=N2. The van der Waals surface area contributed by atoms with E-state index in [9.17, 15) is 0 Å². The Morgan fingerprint density at radius 1 is 1.45 bits per heavy atom. The fourth-order valence-electron chi connectivity index (χ4n) is 1.29. The molecular weight excluding hydrogens is 158 g/mol. The van der Waals surface area contributed by atoms with Gasteiger partial charge in [-0.25, -0.2) is 4.99 Å². The van der Waals surface area contributed by atoms with Crippen LogP contribution in [0.1, 0.15) is 11.1 Å². The first kappa shape index (κ1) is 6.86. The summed E-state index contributed by atoms with van der Waals surface area (Å²) in [5.74, 6) is 0. The van der Waals surface area contributed by atoms with Crippen molar-refractivity contribution in [1.82, 2.24) is 0 Å². The van der Waals surface area contributed by atoms with Gasteiger partial charge in [-0.3, -0.25) is 0 Å². The molecule has 11 heavy (non-hydrogen) atoms. The standard InChI is InChI=1S/C9H8ClN/c1-6-2-3-8-7(4-6)5-9(10)11-8/h2-4H,5H2,1H3. The summed E-state index contributed by atoms with van der Waals surface area (Å²) < 4.78 is 0. The summed E-state index contributed by atoms with van der Waals surface area (Å²) in [4.78, 5) is 4.18. The maximum Gasteiger partial charge on any atom is 0.111 e. The largest absolute Gasteiger partial charge is 0.241 e. The van der Waals surface area contributed by atoms with Crippen molar-refractivity contribution in [2.24, 2.45) is 4.99 Å². The van der Waals surface area contributed by atoms with Crippen molar-refractivity contribution >= 4 is 22.5 Å². The molecule has 1 aliphatic rings. The third-order valence-electron chi connectivity index (χ3n) is 1.81. The molecule has 0 fully saturated rings. The fourth-order valence-corrected chi connectivity index (χ4v) is 1.53. The Morgan fingerprint density at radius 3 is 3.09 bits per heavy atom. The van der Waals surface area contributed by atoms with Gasteiger partial charge in [-0.15, -0.1) is 0 Å². The van der Waals surface area contributed by atoms with Crippen molar-refractivity contribution in [2.45, 2.75) is 13.3 Å². The number of benzene rings is 1. The highest BCUT2D eigenvalue weighted by Gasteiger charge is 2.11. The molecule has 1 aliphatic heterocycles. The molecule has 1 heterocycles. The molecule has 0 saturated carbocycles. The summed E-state index contributed by atoms with van der Waals surface area (Å²) in [5.41, 5.74) is 3.54. The van der Waals surface area contributed by atoms with Crippen LogP contribution in [-0.4, -0.2) is 5.17 Å². The Labute approximate surface area is 70.7 Å². The summed E-state index contributed by atoms with van der Waals surface area (Å²) in [6.07, 6.45) is 0.804. The molecule has 0 radical (unpaired) electrons. The number of rotatable bonds is 0. The first-order valence-corrected chi connectivity index (χ1v) is 3.96. The van der Waals surface area contributed by atoms with Crippen molar-refractivity contribution in [3.63, 3.8) is 0 Å². The maximum atomic E-state index is 5.78. The molecule has 0 atom stereocenters. The fraction of sp³-hybridized carbons (Fsp3) is 0.222. The monoisotopic (exact) mass is 165 g/mol. The number of fused-ring (bicyclic) bond motifs is 1. The minimum absolute atomic E-state index is 0.700. The highest BCUT2D eigenvalue weighted by molar-refractivity contribution is 6.66. The van der Waals surface area contributed by atoms with Crippen LogP contribution in [0.4, 0.5) is 5.69 Å². The summed E-state index contributed by atoms with van der Waals surface area (Å²) in [5, 5.41) is 0.700. The van der Waals surface area contributed by atoms with E-state index in [-0.39, 0.29) is 0 Å². The van der Waals surface area contributed by atoms with E-state index in [1.807, 2.05) is 6.07 Å². The van der Waals surface area contributed by atoms with Crippen molar-refractivity contribution in [2.75, 3.05) is 0 Å². The molecule has 1 aromatic carbocycles. The van der Waals surface area contributed by atoms with Crippen LogP contribution in [0.15, 0.2) is 23.2 Å². The lowest BCUT2D eigenvalue weighted by Crippen LogP contribution is -1.85. The molecule has 0 unspecified atom stereocenters. The summed E-state index contributed by atoms with van der Waals surface area (Å²) in [7, 11) is 0. The summed E-state index contributed by atoms with van der Waals surface area (Å²) >= 11 is 5.78. The van der Waals surface area contributed by atoms with E-state index < -0.39 is 0 Å². The number of aliphatic imine (C=N–C) groups is 1. The smallest absolute Gasteiger partial charge is 0.111 e. The third kappa shape index (κ3) is 1.16. The zero-order valence-corrected chi connectivity index (χ0v) is 7.02. The van der Waals surface area contributed by atoms with Crippen molar-refractivity contribution < 1.29 is 0 Å². The van der Waals surface area contributed by atoms with Crippen LogP contribution in [-0.2, 0) is 6.42 Å². The molecule has 2 rings (SSSR count). The number of hydrogen-bond donors (Lipinski definition) is 0. The van der Waals surface area contributed by atoms with Gasteiger partial charge in [-0.2, -0.15) is 0 Å². The Bertz CT molecular complexity index is 328. The van der Waals surface area contributed by atoms with Gasteiger partial charge in [0.15, 0.2) is 0 Å². The minimum Gasteiger partial charge on any atom is -0.241 e. The van der Waals surface area contributed by atoms with Gasteiger partial charge in [0, 0.05) is 6.42 Å². The Kier molecular flexibility index (Phi) is 1.46. The third-order valence-corrected chi connectivity index (χ3v) is 2.03. The molecule has 56 valence electrons. The van der Waals surface area contributed by atoms with Crippen LogP contribution < -0.4 is 0 Å². The van der Waals surface area contributed by atoms with E-state index in [0.717, 1.165) is 12.1 Å². The van der Waals surface area contributed by atoms with E-state index in [4.69, 9.17) is 11.6 Å². The molecule has 0 amide bonds. The van der Waals surface area contributed by atoms with Crippen molar-refractivity contribution in [1.29, 1.82) is 0 Å². The number of halogens is 1. The summed E-state index contributed by atoms with van der Waals surface area (Å²) in [6.45, 7) is 2.08. The normalized spacial score (nSPS) is 14.5. The molecule has 0 saturated heterocycles. The number of nitrogens with zero attached hydrogens (tertiary/aromatic N) is 1. The zero-order chi connectivity index (χ0) is 7.84. The second kappa shape index (κ2) is 2.35. The molecule has 1 nitrogen and oxygen atoms in total. The Morgan fingerprint density at radius 2 is 2.27 bits per heavy atom. The Balaban J connectivity index is 2.52. The van der Waals surface area contributed by atoms with Crippen LogP contribution in [0, 0.1) is 6.92 Å². The van der Waals surface area contributed by atoms with E-state index in [1.54, 1.807) is 0 Å². The topological polar surface area (TPSA) is 12.4 Å². The van der Waals surface area contributed by atoms with E-state index in [0.29, 0.717) is 5.17 Å². The lowest BCUT2D eigenvalue weighted by atomic mass is 10.1. The average Bonchev–Trinajstić information content (AvgIpc) is 2.27. The molecule has 0 spiro atoms. The minimum atomic E-state index is 0.700.